The zero-order valence-electron chi connectivity index (χ0n) is 18.2. The second-order valence-corrected chi connectivity index (χ2v) is 8.15. The van der Waals surface area contributed by atoms with Gasteiger partial charge in [-0.05, 0) is 31.0 Å². The summed E-state index contributed by atoms with van der Waals surface area (Å²) in [6, 6.07) is 18.1. The van der Waals surface area contributed by atoms with Gasteiger partial charge in [0.2, 0.25) is 5.95 Å². The van der Waals surface area contributed by atoms with Crippen LogP contribution in [0.5, 0.6) is 0 Å². The number of hydrogen-bond donors (Lipinski definition) is 0. The predicted molar refractivity (Wildman–Crippen MR) is 128 cm³/mol. The van der Waals surface area contributed by atoms with Crippen molar-refractivity contribution in [1.82, 2.24) is 18.7 Å². The van der Waals surface area contributed by atoms with E-state index in [-0.39, 0.29) is 17.8 Å². The fourth-order valence-electron chi connectivity index (χ4n) is 4.25. The Balaban J connectivity index is 1.60. The summed E-state index contributed by atoms with van der Waals surface area (Å²) in [5.74, 6) is 0.708. The summed E-state index contributed by atoms with van der Waals surface area (Å²) in [5.41, 5.74) is 3.48. The summed E-state index contributed by atoms with van der Waals surface area (Å²) in [4.78, 5) is 33.2. The molecule has 0 bridgehead atoms. The van der Waals surface area contributed by atoms with E-state index in [1.54, 1.807) is 7.05 Å². The zero-order chi connectivity index (χ0) is 22.2. The maximum absolute atomic E-state index is 13.4. The molecule has 0 spiro atoms. The maximum atomic E-state index is 13.4. The lowest BCUT2D eigenvalue weighted by Crippen LogP contribution is -2.39. The van der Waals surface area contributed by atoms with Gasteiger partial charge in [0, 0.05) is 32.4 Å². The summed E-state index contributed by atoms with van der Waals surface area (Å²) in [6.07, 6.45) is 4.65. The summed E-state index contributed by atoms with van der Waals surface area (Å²) in [7, 11) is 1.68. The third kappa shape index (κ3) is 3.36. The fraction of sp³-hybridized carbons (Fsp3) is 0.240. The van der Waals surface area contributed by atoms with Crippen LogP contribution in [0.1, 0.15) is 17.5 Å². The second kappa shape index (κ2) is 8.00. The molecule has 3 heterocycles. The Kier molecular flexibility index (Phi) is 5.01. The van der Waals surface area contributed by atoms with Crippen molar-refractivity contribution >= 4 is 28.9 Å². The quantitative estimate of drug-likeness (QED) is 0.500. The fourth-order valence-corrected chi connectivity index (χ4v) is 4.25. The Morgan fingerprint density at radius 1 is 1.00 bits per heavy atom. The molecule has 0 radical (unpaired) electrons. The van der Waals surface area contributed by atoms with Crippen molar-refractivity contribution in [3.63, 3.8) is 0 Å². The molecule has 5 rings (SSSR count). The number of benzene rings is 2. The van der Waals surface area contributed by atoms with Crippen LogP contribution in [0.4, 0.5) is 11.6 Å². The number of aromatic nitrogens is 4. The largest absolute Gasteiger partial charge is 0.332 e. The lowest BCUT2D eigenvalue weighted by Gasteiger charge is -2.29. The monoisotopic (exact) mass is 427 g/mol. The van der Waals surface area contributed by atoms with Crippen molar-refractivity contribution in [2.24, 2.45) is 7.05 Å². The van der Waals surface area contributed by atoms with Gasteiger partial charge in [0.05, 0.1) is 0 Å². The van der Waals surface area contributed by atoms with Crippen molar-refractivity contribution in [2.45, 2.75) is 26.4 Å². The standard InChI is InChI=1S/C25H25N5O2/c1-18-11-13-20(14-12-18)28-16-7-17-29-21-22(26-24(28)29)27(2)25(32)30(23(21)31)15-6-10-19-8-4-3-5-9-19/h3-6,8-14H,7,15-17H2,1-2H3/b10-6-. The van der Waals surface area contributed by atoms with Crippen LogP contribution in [0.3, 0.4) is 0 Å². The van der Waals surface area contributed by atoms with Crippen LogP contribution in [0.15, 0.2) is 70.3 Å². The summed E-state index contributed by atoms with van der Waals surface area (Å²) < 4.78 is 4.71. The number of hydrogen-bond acceptors (Lipinski definition) is 4. The molecule has 4 aromatic rings. The average molecular weight is 428 g/mol. The van der Waals surface area contributed by atoms with E-state index in [9.17, 15) is 9.59 Å². The van der Waals surface area contributed by atoms with E-state index in [2.05, 4.69) is 36.1 Å². The van der Waals surface area contributed by atoms with Gasteiger partial charge in [0.15, 0.2) is 11.2 Å². The van der Waals surface area contributed by atoms with E-state index >= 15 is 0 Å². The molecule has 2 aromatic carbocycles. The Hall–Kier alpha value is -3.87. The molecule has 0 unspecified atom stereocenters. The second-order valence-electron chi connectivity index (χ2n) is 8.15. The van der Waals surface area contributed by atoms with E-state index in [0.29, 0.717) is 23.7 Å². The molecule has 0 fully saturated rings. The van der Waals surface area contributed by atoms with Crippen LogP contribution >= 0.6 is 0 Å². The van der Waals surface area contributed by atoms with Crippen LogP contribution in [0, 0.1) is 6.92 Å². The lowest BCUT2D eigenvalue weighted by atomic mass is 10.2. The number of anilines is 2. The highest BCUT2D eigenvalue weighted by molar-refractivity contribution is 5.77. The third-order valence-corrected chi connectivity index (χ3v) is 5.96. The van der Waals surface area contributed by atoms with Crippen LogP contribution < -0.4 is 16.1 Å². The number of aryl methyl sites for hydroxylation is 3. The van der Waals surface area contributed by atoms with E-state index in [0.717, 1.165) is 24.2 Å². The molecule has 2 aromatic heterocycles. The Morgan fingerprint density at radius 2 is 1.75 bits per heavy atom. The van der Waals surface area contributed by atoms with Gasteiger partial charge in [-0.3, -0.25) is 13.9 Å². The Morgan fingerprint density at radius 3 is 2.50 bits per heavy atom. The minimum Gasteiger partial charge on any atom is -0.312 e. The molecule has 7 heteroatoms. The highest BCUT2D eigenvalue weighted by Gasteiger charge is 2.26. The minimum absolute atomic E-state index is 0.207. The average Bonchev–Trinajstić information content (AvgIpc) is 3.21. The zero-order valence-corrected chi connectivity index (χ0v) is 18.2. The summed E-state index contributed by atoms with van der Waals surface area (Å²) in [6.45, 7) is 3.77. The Bertz CT molecular complexity index is 1430. The summed E-state index contributed by atoms with van der Waals surface area (Å²) in [5, 5.41) is 0. The first-order chi connectivity index (χ1) is 15.5. The topological polar surface area (TPSA) is 65.1 Å². The number of imidazole rings is 1. The van der Waals surface area contributed by atoms with E-state index in [1.165, 1.54) is 14.7 Å². The van der Waals surface area contributed by atoms with Gasteiger partial charge in [-0.25, -0.2) is 4.79 Å². The molecule has 0 amide bonds. The number of nitrogens with zero attached hydrogens (tertiary/aromatic N) is 5. The van der Waals surface area contributed by atoms with Crippen LogP contribution in [0.25, 0.3) is 17.2 Å². The molecular weight excluding hydrogens is 402 g/mol. The number of rotatable bonds is 4. The lowest BCUT2D eigenvalue weighted by molar-refractivity contribution is 0.598. The first kappa shape index (κ1) is 20.1. The number of allylic oxidation sites excluding steroid dienone is 1. The van der Waals surface area contributed by atoms with Gasteiger partial charge in [-0.2, -0.15) is 4.98 Å². The summed E-state index contributed by atoms with van der Waals surface area (Å²) >= 11 is 0. The molecule has 32 heavy (non-hydrogen) atoms. The van der Waals surface area contributed by atoms with Crippen molar-refractivity contribution in [3.8, 4) is 0 Å². The molecule has 7 nitrogen and oxygen atoms in total. The maximum Gasteiger partial charge on any atom is 0.332 e. The molecule has 162 valence electrons. The van der Waals surface area contributed by atoms with E-state index < -0.39 is 0 Å². The van der Waals surface area contributed by atoms with E-state index in [4.69, 9.17) is 4.98 Å². The van der Waals surface area contributed by atoms with Crippen LogP contribution in [-0.4, -0.2) is 25.2 Å². The molecule has 0 saturated heterocycles. The normalized spacial score (nSPS) is 13.8. The van der Waals surface area contributed by atoms with Gasteiger partial charge in [0.1, 0.15) is 0 Å². The predicted octanol–water partition coefficient (Wildman–Crippen LogP) is 3.46. The first-order valence-electron chi connectivity index (χ1n) is 10.8. The first-order valence-corrected chi connectivity index (χ1v) is 10.8. The van der Waals surface area contributed by atoms with Crippen molar-refractivity contribution in [1.29, 1.82) is 0 Å². The molecule has 1 aliphatic rings. The molecule has 0 saturated carbocycles. The SMILES string of the molecule is Cc1ccc(N2CCCn3c2nc2c3c(=O)n(C/C=C\c3ccccc3)c(=O)n2C)cc1. The van der Waals surface area contributed by atoms with Gasteiger partial charge >= 0.3 is 5.69 Å². The van der Waals surface area contributed by atoms with Gasteiger partial charge in [-0.15, -0.1) is 0 Å². The molecule has 1 aliphatic heterocycles. The van der Waals surface area contributed by atoms with Gasteiger partial charge in [-0.1, -0.05) is 60.2 Å². The van der Waals surface area contributed by atoms with Crippen molar-refractivity contribution in [2.75, 3.05) is 11.4 Å². The minimum atomic E-state index is -0.363. The van der Waals surface area contributed by atoms with Crippen LogP contribution in [0.2, 0.25) is 0 Å². The molecule has 0 atom stereocenters. The van der Waals surface area contributed by atoms with E-state index in [1.807, 2.05) is 47.1 Å². The Labute approximate surface area is 185 Å². The molecular formula is C25H25N5O2. The highest BCUT2D eigenvalue weighted by atomic mass is 16.2. The highest BCUT2D eigenvalue weighted by Crippen LogP contribution is 2.30. The number of fused-ring (bicyclic) bond motifs is 3. The molecule has 0 N–H and O–H groups in total. The molecule has 0 aliphatic carbocycles. The van der Waals surface area contributed by atoms with Crippen molar-refractivity contribution in [3.05, 3.63) is 92.6 Å². The smallest absolute Gasteiger partial charge is 0.312 e. The van der Waals surface area contributed by atoms with Crippen LogP contribution in [-0.2, 0) is 20.1 Å². The van der Waals surface area contributed by atoms with Crippen molar-refractivity contribution < 1.29 is 0 Å². The van der Waals surface area contributed by atoms with Gasteiger partial charge < -0.3 is 9.47 Å². The van der Waals surface area contributed by atoms with Gasteiger partial charge in [0.25, 0.3) is 5.56 Å². The third-order valence-electron chi connectivity index (χ3n) is 5.96.